The van der Waals surface area contributed by atoms with Gasteiger partial charge in [-0.25, -0.2) is 8.42 Å². The summed E-state index contributed by atoms with van der Waals surface area (Å²) in [4.78, 5) is 12.9. The van der Waals surface area contributed by atoms with Crippen molar-refractivity contribution in [2.24, 2.45) is 0 Å². The zero-order chi connectivity index (χ0) is 24.1. The molecule has 0 bridgehead atoms. The van der Waals surface area contributed by atoms with Crippen LogP contribution in [0, 0.1) is 13.8 Å². The van der Waals surface area contributed by atoms with E-state index < -0.39 is 10.0 Å². The minimum atomic E-state index is -3.61. The molecule has 0 unspecified atom stereocenters. The first-order valence-corrected chi connectivity index (χ1v) is 13.8. The normalized spacial score (nSPS) is 15.1. The monoisotopic (exact) mass is 499 g/mol. The van der Waals surface area contributed by atoms with Gasteiger partial charge in [0.1, 0.15) is 5.82 Å². The molecular formula is C24H29N5O3S2. The predicted molar refractivity (Wildman–Crippen MR) is 134 cm³/mol. The third-order valence-electron chi connectivity index (χ3n) is 5.80. The molecule has 0 saturated carbocycles. The van der Waals surface area contributed by atoms with Crippen LogP contribution in [0.2, 0.25) is 0 Å². The Bertz CT molecular complexity index is 1250. The van der Waals surface area contributed by atoms with Gasteiger partial charge in [0.25, 0.3) is 0 Å². The fraction of sp³-hybridized carbons (Fsp3) is 0.375. The standard InChI is InChI=1S/C24H29N5O3S2/c1-18-12-13-20(16-22(18)34(31,32)28-14-8-3-4-9-15-28)25-23(30)17-33-24-27-26-19(2)29(24)21-10-6-5-7-11-21/h5-7,10-13,16H,3-4,8-9,14-15,17H2,1-2H3,(H,25,30). The van der Waals surface area contributed by atoms with Gasteiger partial charge in [-0.05, 0) is 56.5 Å². The van der Waals surface area contributed by atoms with Crippen molar-refractivity contribution in [3.63, 3.8) is 0 Å². The lowest BCUT2D eigenvalue weighted by Gasteiger charge is -2.21. The van der Waals surface area contributed by atoms with Crippen molar-refractivity contribution in [2.45, 2.75) is 49.6 Å². The van der Waals surface area contributed by atoms with Crippen LogP contribution in [-0.2, 0) is 14.8 Å². The summed E-state index contributed by atoms with van der Waals surface area (Å²) >= 11 is 1.28. The highest BCUT2D eigenvalue weighted by Crippen LogP contribution is 2.26. The van der Waals surface area contributed by atoms with Crippen LogP contribution in [0.5, 0.6) is 0 Å². The number of amides is 1. The average molecular weight is 500 g/mol. The highest BCUT2D eigenvalue weighted by molar-refractivity contribution is 7.99. The zero-order valence-electron chi connectivity index (χ0n) is 19.4. The van der Waals surface area contributed by atoms with Gasteiger partial charge < -0.3 is 5.32 Å². The maximum Gasteiger partial charge on any atom is 0.243 e. The minimum absolute atomic E-state index is 0.118. The van der Waals surface area contributed by atoms with Crippen molar-refractivity contribution in [1.82, 2.24) is 19.1 Å². The molecule has 4 rings (SSSR count). The van der Waals surface area contributed by atoms with Gasteiger partial charge in [-0.1, -0.05) is 48.9 Å². The highest BCUT2D eigenvalue weighted by atomic mass is 32.2. The summed E-state index contributed by atoms with van der Waals surface area (Å²) in [6, 6.07) is 14.8. The number of hydrogen-bond acceptors (Lipinski definition) is 6. The third kappa shape index (κ3) is 5.51. The number of nitrogens with one attached hydrogen (secondary N) is 1. The fourth-order valence-electron chi connectivity index (χ4n) is 4.01. The molecule has 1 aliphatic rings. The van der Waals surface area contributed by atoms with Gasteiger partial charge in [-0.15, -0.1) is 10.2 Å². The van der Waals surface area contributed by atoms with Crippen LogP contribution in [0.3, 0.4) is 0 Å². The molecule has 2 heterocycles. The molecule has 1 fully saturated rings. The molecule has 8 nitrogen and oxygen atoms in total. The van der Waals surface area contributed by atoms with Crippen molar-refractivity contribution in [1.29, 1.82) is 0 Å². The van der Waals surface area contributed by atoms with Crippen LogP contribution < -0.4 is 5.32 Å². The number of benzene rings is 2. The van der Waals surface area contributed by atoms with Crippen molar-refractivity contribution in [3.8, 4) is 5.69 Å². The Morgan fingerprint density at radius 3 is 2.41 bits per heavy atom. The van der Waals surface area contributed by atoms with Gasteiger partial charge in [0.05, 0.1) is 10.6 Å². The molecule has 3 aromatic rings. The second kappa shape index (κ2) is 10.7. The Hall–Kier alpha value is -2.69. The van der Waals surface area contributed by atoms with Crippen LogP contribution in [0.1, 0.15) is 37.1 Å². The molecular weight excluding hydrogens is 470 g/mol. The molecule has 34 heavy (non-hydrogen) atoms. The lowest BCUT2D eigenvalue weighted by molar-refractivity contribution is -0.113. The van der Waals surface area contributed by atoms with Gasteiger partial charge in [-0.3, -0.25) is 9.36 Å². The first kappa shape index (κ1) is 24.4. The Morgan fingerprint density at radius 1 is 1.00 bits per heavy atom. The van der Waals surface area contributed by atoms with E-state index in [9.17, 15) is 13.2 Å². The van der Waals surface area contributed by atoms with E-state index in [4.69, 9.17) is 0 Å². The van der Waals surface area contributed by atoms with Crippen LogP contribution in [-0.4, -0.2) is 52.2 Å². The number of carbonyl (C=O) groups is 1. The molecule has 2 aromatic carbocycles. The van der Waals surface area contributed by atoms with E-state index >= 15 is 0 Å². The lowest BCUT2D eigenvalue weighted by Crippen LogP contribution is -2.32. The van der Waals surface area contributed by atoms with Crippen LogP contribution >= 0.6 is 11.8 Å². The number of aryl methyl sites for hydroxylation is 2. The Morgan fingerprint density at radius 2 is 1.71 bits per heavy atom. The average Bonchev–Trinajstić information content (AvgIpc) is 3.01. The van der Waals surface area contributed by atoms with Crippen LogP contribution in [0.25, 0.3) is 5.69 Å². The van der Waals surface area contributed by atoms with E-state index in [-0.39, 0.29) is 16.6 Å². The second-order valence-electron chi connectivity index (χ2n) is 8.34. The lowest BCUT2D eigenvalue weighted by atomic mass is 10.2. The molecule has 180 valence electrons. The molecule has 0 radical (unpaired) electrons. The smallest absolute Gasteiger partial charge is 0.243 e. The number of rotatable bonds is 7. The van der Waals surface area contributed by atoms with Gasteiger partial charge in [0.2, 0.25) is 15.9 Å². The molecule has 0 aliphatic carbocycles. The quantitative estimate of drug-likeness (QED) is 0.490. The maximum absolute atomic E-state index is 13.3. The highest BCUT2D eigenvalue weighted by Gasteiger charge is 2.27. The minimum Gasteiger partial charge on any atom is -0.325 e. The molecule has 1 amide bonds. The molecule has 1 N–H and O–H groups in total. The van der Waals surface area contributed by atoms with Gasteiger partial charge in [0, 0.05) is 24.5 Å². The topological polar surface area (TPSA) is 97.2 Å². The van der Waals surface area contributed by atoms with E-state index in [2.05, 4.69) is 15.5 Å². The molecule has 10 heteroatoms. The predicted octanol–water partition coefficient (Wildman–Crippen LogP) is 4.18. The van der Waals surface area contributed by atoms with Crippen molar-refractivity contribution >= 4 is 33.4 Å². The number of sulfonamides is 1. The number of hydrogen-bond donors (Lipinski definition) is 1. The molecule has 1 saturated heterocycles. The van der Waals surface area contributed by atoms with E-state index in [1.165, 1.54) is 11.8 Å². The van der Waals surface area contributed by atoms with Crippen molar-refractivity contribution < 1.29 is 13.2 Å². The summed E-state index contributed by atoms with van der Waals surface area (Å²) in [6.45, 7) is 4.72. The van der Waals surface area contributed by atoms with Crippen molar-refractivity contribution in [3.05, 3.63) is 59.9 Å². The van der Waals surface area contributed by atoms with Gasteiger partial charge in [0.15, 0.2) is 5.16 Å². The number of thioether (sulfide) groups is 1. The first-order valence-electron chi connectivity index (χ1n) is 11.4. The zero-order valence-corrected chi connectivity index (χ0v) is 21.0. The van der Waals surface area contributed by atoms with Crippen LogP contribution in [0.15, 0.2) is 58.6 Å². The summed E-state index contributed by atoms with van der Waals surface area (Å²) in [7, 11) is -3.61. The summed E-state index contributed by atoms with van der Waals surface area (Å²) in [6.07, 6.45) is 3.85. The largest absolute Gasteiger partial charge is 0.325 e. The third-order valence-corrected chi connectivity index (χ3v) is 8.77. The summed E-state index contributed by atoms with van der Waals surface area (Å²) in [5.74, 6) is 0.607. The summed E-state index contributed by atoms with van der Waals surface area (Å²) in [5, 5.41) is 11.8. The van der Waals surface area contributed by atoms with E-state index in [0.717, 1.165) is 37.2 Å². The molecule has 1 aromatic heterocycles. The SMILES string of the molecule is Cc1ccc(NC(=O)CSc2nnc(C)n2-c2ccccc2)cc1S(=O)(=O)N1CCCCCC1. The Balaban J connectivity index is 1.46. The second-order valence-corrected chi connectivity index (χ2v) is 11.2. The van der Waals surface area contributed by atoms with Crippen LogP contribution in [0.4, 0.5) is 5.69 Å². The van der Waals surface area contributed by atoms with Crippen molar-refractivity contribution in [2.75, 3.05) is 24.2 Å². The number of carbonyl (C=O) groups excluding carboxylic acids is 1. The fourth-order valence-corrected chi connectivity index (χ4v) is 6.58. The molecule has 1 aliphatic heterocycles. The number of anilines is 1. The van der Waals surface area contributed by atoms with E-state index in [1.807, 2.05) is 41.8 Å². The summed E-state index contributed by atoms with van der Waals surface area (Å²) in [5.41, 5.74) is 2.06. The Labute approximate surface area is 204 Å². The first-order chi connectivity index (χ1) is 16.4. The number of para-hydroxylation sites is 1. The van der Waals surface area contributed by atoms with E-state index in [1.54, 1.807) is 29.4 Å². The van der Waals surface area contributed by atoms with Gasteiger partial charge in [-0.2, -0.15) is 4.31 Å². The molecule has 0 spiro atoms. The van der Waals surface area contributed by atoms with E-state index in [0.29, 0.717) is 29.5 Å². The number of aromatic nitrogens is 3. The Kier molecular flexibility index (Phi) is 7.70. The maximum atomic E-state index is 13.3. The van der Waals surface area contributed by atoms with Gasteiger partial charge >= 0.3 is 0 Å². The number of nitrogens with zero attached hydrogens (tertiary/aromatic N) is 4. The summed E-state index contributed by atoms with van der Waals surface area (Å²) < 4.78 is 30.0. The molecule has 0 atom stereocenters.